The van der Waals surface area contributed by atoms with Crippen molar-refractivity contribution < 1.29 is 4.79 Å². The zero-order valence-corrected chi connectivity index (χ0v) is 13.8. The Morgan fingerprint density at radius 3 is 2.83 bits per heavy atom. The van der Waals surface area contributed by atoms with Crippen LogP contribution in [0.25, 0.3) is 10.9 Å². The second kappa shape index (κ2) is 6.84. The summed E-state index contributed by atoms with van der Waals surface area (Å²) >= 11 is 5.97. The zero-order chi connectivity index (χ0) is 17.1. The summed E-state index contributed by atoms with van der Waals surface area (Å²) in [7, 11) is 0. The van der Waals surface area contributed by atoms with Crippen molar-refractivity contribution in [2.45, 2.75) is 19.5 Å². The maximum absolute atomic E-state index is 12.4. The average molecular weight is 342 g/mol. The van der Waals surface area contributed by atoms with E-state index in [-0.39, 0.29) is 24.1 Å². The molecule has 6 heteroatoms. The summed E-state index contributed by atoms with van der Waals surface area (Å²) in [6.07, 6.45) is 1.40. The summed E-state index contributed by atoms with van der Waals surface area (Å²) in [6, 6.07) is 14.2. The van der Waals surface area contributed by atoms with Crippen LogP contribution in [0.15, 0.2) is 59.7 Å². The minimum Gasteiger partial charge on any atom is -0.348 e. The van der Waals surface area contributed by atoms with Gasteiger partial charge in [0.25, 0.3) is 5.56 Å². The van der Waals surface area contributed by atoms with Crippen molar-refractivity contribution in [2.24, 2.45) is 0 Å². The molecule has 0 radical (unpaired) electrons. The second-order valence-corrected chi connectivity index (χ2v) is 5.98. The molecule has 0 bridgehead atoms. The van der Waals surface area contributed by atoms with E-state index in [1.807, 2.05) is 25.1 Å². The Bertz CT molecular complexity index is 952. The van der Waals surface area contributed by atoms with Crippen LogP contribution in [-0.4, -0.2) is 15.5 Å². The fraction of sp³-hybridized carbons (Fsp3) is 0.167. The molecule has 5 nitrogen and oxygen atoms in total. The normalized spacial score (nSPS) is 12.1. The second-order valence-electron chi connectivity index (χ2n) is 5.54. The van der Waals surface area contributed by atoms with Gasteiger partial charge in [-0.3, -0.25) is 14.2 Å². The van der Waals surface area contributed by atoms with Crippen LogP contribution >= 0.6 is 11.6 Å². The molecular formula is C18H16ClN3O2. The minimum absolute atomic E-state index is 0.0818. The third kappa shape index (κ3) is 3.46. The summed E-state index contributed by atoms with van der Waals surface area (Å²) in [5.74, 6) is -0.262. The van der Waals surface area contributed by atoms with Crippen molar-refractivity contribution in [3.05, 3.63) is 75.8 Å². The lowest BCUT2D eigenvalue weighted by atomic mass is 10.1. The first-order valence-corrected chi connectivity index (χ1v) is 7.91. The Kier molecular flexibility index (Phi) is 4.62. The highest BCUT2D eigenvalue weighted by molar-refractivity contribution is 6.30. The van der Waals surface area contributed by atoms with Crippen molar-refractivity contribution in [1.82, 2.24) is 14.9 Å². The predicted octanol–water partition coefficient (Wildman–Crippen LogP) is 2.93. The summed E-state index contributed by atoms with van der Waals surface area (Å²) < 4.78 is 1.31. The van der Waals surface area contributed by atoms with Gasteiger partial charge in [0.15, 0.2) is 0 Å². The van der Waals surface area contributed by atoms with Gasteiger partial charge in [0.1, 0.15) is 6.54 Å². The van der Waals surface area contributed by atoms with Crippen LogP contribution < -0.4 is 10.9 Å². The molecule has 1 heterocycles. The average Bonchev–Trinajstić information content (AvgIpc) is 2.57. The fourth-order valence-corrected chi connectivity index (χ4v) is 2.72. The number of halogens is 1. The monoisotopic (exact) mass is 341 g/mol. The number of nitrogens with one attached hydrogen (secondary N) is 1. The Morgan fingerprint density at radius 2 is 2.04 bits per heavy atom. The van der Waals surface area contributed by atoms with Crippen molar-refractivity contribution >= 4 is 28.4 Å². The predicted molar refractivity (Wildman–Crippen MR) is 94.0 cm³/mol. The van der Waals surface area contributed by atoms with Gasteiger partial charge in [-0.05, 0) is 36.8 Å². The first-order chi connectivity index (χ1) is 11.5. The van der Waals surface area contributed by atoms with Gasteiger partial charge in [-0.25, -0.2) is 4.98 Å². The molecule has 0 aliphatic rings. The summed E-state index contributed by atoms with van der Waals surface area (Å²) in [6.45, 7) is 1.78. The van der Waals surface area contributed by atoms with Crippen molar-refractivity contribution in [3.63, 3.8) is 0 Å². The van der Waals surface area contributed by atoms with Crippen LogP contribution in [0.2, 0.25) is 5.02 Å². The maximum Gasteiger partial charge on any atom is 0.261 e. The van der Waals surface area contributed by atoms with E-state index in [2.05, 4.69) is 10.3 Å². The number of nitrogens with zero attached hydrogens (tertiary/aromatic N) is 2. The lowest BCUT2D eigenvalue weighted by molar-refractivity contribution is -0.122. The largest absolute Gasteiger partial charge is 0.348 e. The number of rotatable bonds is 4. The molecule has 3 aromatic rings. The van der Waals surface area contributed by atoms with Gasteiger partial charge in [-0.2, -0.15) is 0 Å². The van der Waals surface area contributed by atoms with Crippen LogP contribution in [0, 0.1) is 0 Å². The van der Waals surface area contributed by atoms with Crippen molar-refractivity contribution in [3.8, 4) is 0 Å². The van der Waals surface area contributed by atoms with E-state index in [4.69, 9.17) is 11.6 Å². The lowest BCUT2D eigenvalue weighted by Gasteiger charge is -2.15. The summed E-state index contributed by atoms with van der Waals surface area (Å²) in [5, 5.41) is 3.97. The van der Waals surface area contributed by atoms with Gasteiger partial charge in [-0.1, -0.05) is 35.9 Å². The van der Waals surface area contributed by atoms with Gasteiger partial charge >= 0.3 is 0 Å². The van der Waals surface area contributed by atoms with E-state index in [0.717, 1.165) is 5.56 Å². The number of carbonyl (C=O) groups excluding carboxylic acids is 1. The Labute approximate surface area is 143 Å². The quantitative estimate of drug-likeness (QED) is 0.793. The van der Waals surface area contributed by atoms with Gasteiger partial charge in [-0.15, -0.1) is 0 Å². The fourth-order valence-electron chi connectivity index (χ4n) is 2.52. The van der Waals surface area contributed by atoms with Crippen LogP contribution in [-0.2, 0) is 11.3 Å². The molecule has 0 saturated heterocycles. The van der Waals surface area contributed by atoms with E-state index in [9.17, 15) is 9.59 Å². The van der Waals surface area contributed by atoms with E-state index < -0.39 is 0 Å². The first kappa shape index (κ1) is 16.2. The highest BCUT2D eigenvalue weighted by Crippen LogP contribution is 2.17. The van der Waals surface area contributed by atoms with E-state index in [1.165, 1.54) is 10.9 Å². The molecule has 0 aliphatic carbocycles. The minimum atomic E-state index is -0.262. The number of para-hydroxylation sites is 1. The molecule has 2 aromatic carbocycles. The molecule has 3 rings (SSSR count). The molecular weight excluding hydrogens is 326 g/mol. The molecule has 1 amide bonds. The number of hydrogen-bond donors (Lipinski definition) is 1. The van der Waals surface area contributed by atoms with E-state index in [1.54, 1.807) is 30.3 Å². The molecule has 122 valence electrons. The van der Waals surface area contributed by atoms with Crippen LogP contribution in [0.5, 0.6) is 0 Å². The molecule has 0 unspecified atom stereocenters. The highest BCUT2D eigenvalue weighted by Gasteiger charge is 2.12. The smallest absolute Gasteiger partial charge is 0.261 e. The highest BCUT2D eigenvalue weighted by atomic mass is 35.5. The van der Waals surface area contributed by atoms with Gasteiger partial charge in [0.05, 0.1) is 23.3 Å². The molecule has 0 spiro atoms. The number of benzene rings is 2. The Morgan fingerprint density at radius 1 is 1.25 bits per heavy atom. The third-order valence-corrected chi connectivity index (χ3v) is 4.01. The van der Waals surface area contributed by atoms with E-state index in [0.29, 0.717) is 15.9 Å². The Hall–Kier alpha value is -2.66. The SMILES string of the molecule is C[C@@H](NC(=O)Cn1cnc2ccccc2c1=O)c1cccc(Cl)c1. The van der Waals surface area contributed by atoms with Crippen LogP contribution in [0.3, 0.4) is 0 Å². The molecule has 1 N–H and O–H groups in total. The topological polar surface area (TPSA) is 64.0 Å². The number of carbonyl (C=O) groups is 1. The van der Waals surface area contributed by atoms with Crippen LogP contribution in [0.1, 0.15) is 18.5 Å². The standard InChI is InChI=1S/C18H16ClN3O2/c1-12(13-5-4-6-14(19)9-13)21-17(23)10-22-11-20-16-8-3-2-7-15(16)18(22)24/h2-9,11-12H,10H2,1H3,(H,21,23)/t12-/m1/s1. The number of fused-ring (bicyclic) bond motifs is 1. The van der Waals surface area contributed by atoms with Gasteiger partial charge in [0, 0.05) is 5.02 Å². The molecule has 0 fully saturated rings. The molecule has 1 atom stereocenters. The molecule has 0 aliphatic heterocycles. The van der Waals surface area contributed by atoms with Crippen molar-refractivity contribution in [2.75, 3.05) is 0 Å². The lowest BCUT2D eigenvalue weighted by Crippen LogP contribution is -2.33. The molecule has 1 aromatic heterocycles. The molecule has 24 heavy (non-hydrogen) atoms. The van der Waals surface area contributed by atoms with Crippen LogP contribution in [0.4, 0.5) is 0 Å². The summed E-state index contributed by atoms with van der Waals surface area (Å²) in [4.78, 5) is 28.8. The van der Waals surface area contributed by atoms with E-state index >= 15 is 0 Å². The van der Waals surface area contributed by atoms with Gasteiger partial charge in [0.2, 0.25) is 5.91 Å². The molecule has 0 saturated carbocycles. The van der Waals surface area contributed by atoms with Gasteiger partial charge < -0.3 is 5.32 Å². The van der Waals surface area contributed by atoms with Crippen molar-refractivity contribution in [1.29, 1.82) is 0 Å². The maximum atomic E-state index is 12.4. The number of hydrogen-bond acceptors (Lipinski definition) is 3. The Balaban J connectivity index is 1.75. The number of aromatic nitrogens is 2. The zero-order valence-electron chi connectivity index (χ0n) is 13.1. The summed E-state index contributed by atoms with van der Waals surface area (Å²) in [5.41, 5.74) is 1.29. The first-order valence-electron chi connectivity index (χ1n) is 7.53. The third-order valence-electron chi connectivity index (χ3n) is 3.77. The number of amides is 1.